The molecule has 0 atom stereocenters. The second-order valence-electron chi connectivity index (χ2n) is 3.77. The van der Waals surface area contributed by atoms with Crippen LogP contribution >= 0.6 is 35.0 Å². The molecule has 1 heterocycles. The molecule has 0 aliphatic heterocycles. The largest absolute Gasteiger partial charge is 0.505 e. The molecule has 5 nitrogen and oxygen atoms in total. The van der Waals surface area contributed by atoms with Crippen molar-refractivity contribution in [3.63, 3.8) is 0 Å². The number of hydrogen-bond donors (Lipinski definition) is 1. The van der Waals surface area contributed by atoms with Gasteiger partial charge in [-0.3, -0.25) is 14.4 Å². The van der Waals surface area contributed by atoms with Crippen molar-refractivity contribution in [2.45, 2.75) is 6.54 Å². The van der Waals surface area contributed by atoms with Crippen molar-refractivity contribution in [1.82, 2.24) is 9.55 Å². The Bertz CT molecular complexity index is 673. The number of thioether (sulfide) groups is 1. The molecule has 0 unspecified atom stereocenters. The highest BCUT2D eigenvalue weighted by Crippen LogP contribution is 2.20. The molecule has 0 aliphatic rings. The summed E-state index contributed by atoms with van der Waals surface area (Å²) in [6.07, 6.45) is 4.25. The number of allylic oxidation sites excluding steroid dienone is 1. The average Bonchev–Trinajstić information content (AvgIpc) is 2.43. The Balaban J connectivity index is 3.46. The lowest BCUT2D eigenvalue weighted by molar-refractivity contribution is 0.473. The van der Waals surface area contributed by atoms with E-state index in [0.717, 1.165) is 6.20 Å². The lowest BCUT2D eigenvalue weighted by Gasteiger charge is -2.03. The fourth-order valence-electron chi connectivity index (χ4n) is 1.29. The molecule has 0 aliphatic carbocycles. The van der Waals surface area contributed by atoms with Gasteiger partial charge in [0.05, 0.1) is 29.8 Å². The Labute approximate surface area is 136 Å². The van der Waals surface area contributed by atoms with Gasteiger partial charge in [0.15, 0.2) is 5.75 Å². The van der Waals surface area contributed by atoms with Gasteiger partial charge in [0, 0.05) is 11.1 Å². The van der Waals surface area contributed by atoms with Crippen molar-refractivity contribution in [2.24, 2.45) is 4.99 Å². The zero-order chi connectivity index (χ0) is 15.8. The summed E-state index contributed by atoms with van der Waals surface area (Å²) in [5.41, 5.74) is 0.209. The van der Waals surface area contributed by atoms with Crippen LogP contribution in [-0.2, 0) is 6.54 Å². The molecule has 8 heteroatoms. The van der Waals surface area contributed by atoms with Crippen molar-refractivity contribution < 1.29 is 5.11 Å². The van der Waals surface area contributed by atoms with Crippen LogP contribution in [-0.4, -0.2) is 27.6 Å². The van der Waals surface area contributed by atoms with E-state index >= 15 is 0 Å². The third kappa shape index (κ3) is 5.79. The SMILES string of the molecule is C=N/C(=C\SC)Cn1cncc(O)c(Cl)cc(Cl)cc1=O. The molecule has 0 bridgehead atoms. The van der Waals surface area contributed by atoms with Gasteiger partial charge in [0.2, 0.25) is 0 Å². The van der Waals surface area contributed by atoms with E-state index in [4.69, 9.17) is 23.2 Å². The van der Waals surface area contributed by atoms with Crippen LogP contribution in [0.5, 0.6) is 5.75 Å². The van der Waals surface area contributed by atoms with E-state index in [0.29, 0.717) is 5.70 Å². The second kappa shape index (κ2) is 8.71. The standard InChI is InChI=1S/C13H13Cl2N3O2S/c1-16-10(7-21-2)6-18-8-17-5-12(19)11(15)3-9(14)4-13(18)20/h3-5,7-8,19H,1,6H2,2H3/b9-4?,10-7-,11-3?,12-5?,17-8?. The smallest absolute Gasteiger partial charge is 0.253 e. The molecule has 1 N–H and O–H groups in total. The fourth-order valence-corrected chi connectivity index (χ4v) is 2.14. The molecule has 0 saturated heterocycles. The first-order valence-corrected chi connectivity index (χ1v) is 7.68. The molecular weight excluding hydrogens is 333 g/mol. The Morgan fingerprint density at radius 3 is 2.90 bits per heavy atom. The maximum Gasteiger partial charge on any atom is 0.253 e. The van der Waals surface area contributed by atoms with E-state index in [-0.39, 0.29) is 22.3 Å². The summed E-state index contributed by atoms with van der Waals surface area (Å²) in [5.74, 6) is -0.254. The molecule has 0 radical (unpaired) electrons. The van der Waals surface area contributed by atoms with Crippen LogP contribution in [0.1, 0.15) is 0 Å². The summed E-state index contributed by atoms with van der Waals surface area (Å²) in [5, 5.41) is 11.4. The van der Waals surface area contributed by atoms with Crippen molar-refractivity contribution in [1.29, 1.82) is 0 Å². The van der Waals surface area contributed by atoms with Crippen molar-refractivity contribution in [3.8, 4) is 5.75 Å². The normalized spacial score (nSPS) is 10.9. The molecule has 0 saturated carbocycles. The van der Waals surface area contributed by atoms with E-state index < -0.39 is 5.56 Å². The predicted octanol–water partition coefficient (Wildman–Crippen LogP) is 3.29. The topological polar surface area (TPSA) is 67.5 Å². The molecule has 1 rings (SSSR count). The van der Waals surface area contributed by atoms with Gasteiger partial charge >= 0.3 is 0 Å². The summed E-state index contributed by atoms with van der Waals surface area (Å²) < 4.78 is 1.29. The highest BCUT2D eigenvalue weighted by Gasteiger charge is 2.00. The summed E-state index contributed by atoms with van der Waals surface area (Å²) >= 11 is 13.1. The van der Waals surface area contributed by atoms with Crippen LogP contribution in [0, 0.1) is 0 Å². The Hall–Kier alpha value is -1.50. The summed E-state index contributed by atoms with van der Waals surface area (Å²) in [6, 6.07) is 2.44. The Morgan fingerprint density at radius 1 is 1.57 bits per heavy atom. The van der Waals surface area contributed by atoms with Crippen LogP contribution in [0.2, 0.25) is 10.0 Å². The first-order valence-electron chi connectivity index (χ1n) is 5.64. The quantitative estimate of drug-likeness (QED) is 0.850. The zero-order valence-corrected chi connectivity index (χ0v) is 13.5. The summed E-state index contributed by atoms with van der Waals surface area (Å²) in [7, 11) is 0. The van der Waals surface area contributed by atoms with Gasteiger partial charge < -0.3 is 5.11 Å². The number of aromatic nitrogens is 2. The zero-order valence-electron chi connectivity index (χ0n) is 11.2. The molecular formula is C13H13Cl2N3O2S. The van der Waals surface area contributed by atoms with Gasteiger partial charge in [-0.2, -0.15) is 0 Å². The highest BCUT2D eigenvalue weighted by molar-refractivity contribution is 8.01. The van der Waals surface area contributed by atoms with Crippen LogP contribution in [0.3, 0.4) is 0 Å². The van der Waals surface area contributed by atoms with E-state index in [1.807, 2.05) is 6.26 Å². The number of rotatable bonds is 4. The molecule has 21 heavy (non-hydrogen) atoms. The first-order chi connectivity index (χ1) is 9.97. The number of aromatic hydroxyl groups is 1. The molecule has 0 spiro atoms. The number of halogens is 2. The second-order valence-corrected chi connectivity index (χ2v) is 5.32. The molecule has 1 aromatic heterocycles. The summed E-state index contributed by atoms with van der Waals surface area (Å²) in [6.45, 7) is 3.63. The van der Waals surface area contributed by atoms with E-state index in [1.165, 1.54) is 34.8 Å². The van der Waals surface area contributed by atoms with E-state index in [1.54, 1.807) is 5.41 Å². The Kier molecular flexibility index (Phi) is 7.28. The number of nitrogens with zero attached hydrogens (tertiary/aromatic N) is 3. The van der Waals surface area contributed by atoms with Crippen molar-refractivity contribution in [3.05, 3.63) is 56.2 Å². The lowest BCUT2D eigenvalue weighted by Crippen LogP contribution is -2.18. The van der Waals surface area contributed by atoms with Gasteiger partial charge in [-0.05, 0) is 24.4 Å². The maximum atomic E-state index is 12.1. The van der Waals surface area contributed by atoms with Crippen LogP contribution in [0.4, 0.5) is 0 Å². The third-order valence-electron chi connectivity index (χ3n) is 2.25. The molecule has 112 valence electrons. The molecule has 1 aromatic rings. The molecule has 0 amide bonds. The summed E-state index contributed by atoms with van der Waals surface area (Å²) in [4.78, 5) is 19.8. The Morgan fingerprint density at radius 2 is 2.29 bits per heavy atom. The first kappa shape index (κ1) is 17.6. The molecule has 0 fully saturated rings. The minimum atomic E-state index is -0.394. The predicted molar refractivity (Wildman–Crippen MR) is 89.0 cm³/mol. The van der Waals surface area contributed by atoms with Gasteiger partial charge in [0.25, 0.3) is 5.56 Å². The van der Waals surface area contributed by atoms with Gasteiger partial charge in [-0.25, -0.2) is 4.98 Å². The van der Waals surface area contributed by atoms with Gasteiger partial charge in [-0.15, -0.1) is 11.8 Å². The number of hydrogen-bond acceptors (Lipinski definition) is 5. The van der Waals surface area contributed by atoms with Gasteiger partial charge in [0.1, 0.15) is 0 Å². The lowest BCUT2D eigenvalue weighted by atomic mass is 10.4. The minimum absolute atomic E-state index is 0.00891. The van der Waals surface area contributed by atoms with Crippen LogP contribution < -0.4 is 5.56 Å². The van der Waals surface area contributed by atoms with E-state index in [9.17, 15) is 9.90 Å². The fraction of sp³-hybridized carbons (Fsp3) is 0.154. The monoisotopic (exact) mass is 345 g/mol. The minimum Gasteiger partial charge on any atom is -0.505 e. The van der Waals surface area contributed by atoms with Crippen molar-refractivity contribution in [2.75, 3.05) is 6.26 Å². The van der Waals surface area contributed by atoms with Crippen LogP contribution in [0.25, 0.3) is 0 Å². The average molecular weight is 346 g/mol. The number of aliphatic imine (C=N–C) groups is 1. The maximum absolute atomic E-state index is 12.1. The molecule has 0 aromatic carbocycles. The van der Waals surface area contributed by atoms with Crippen LogP contribution in [0.15, 0.2) is 45.5 Å². The van der Waals surface area contributed by atoms with Gasteiger partial charge in [-0.1, -0.05) is 23.2 Å². The van der Waals surface area contributed by atoms with E-state index in [2.05, 4.69) is 16.7 Å². The third-order valence-corrected chi connectivity index (χ3v) is 3.27. The highest BCUT2D eigenvalue weighted by atomic mass is 35.5. The van der Waals surface area contributed by atoms with Crippen molar-refractivity contribution >= 4 is 41.7 Å².